The summed E-state index contributed by atoms with van der Waals surface area (Å²) >= 11 is 0. The molecule has 1 unspecified atom stereocenters. The molecule has 4 heterocycles. The second kappa shape index (κ2) is 9.33. The van der Waals surface area contributed by atoms with Crippen LogP contribution in [0.25, 0.3) is 11.0 Å². The summed E-state index contributed by atoms with van der Waals surface area (Å²) in [7, 11) is 3.56. The molecule has 0 aliphatic carbocycles. The molecule has 1 aromatic carbocycles. The van der Waals surface area contributed by atoms with Gasteiger partial charge in [0.2, 0.25) is 0 Å². The van der Waals surface area contributed by atoms with Gasteiger partial charge in [-0.1, -0.05) is 18.2 Å². The monoisotopic (exact) mass is 496 g/mol. The van der Waals surface area contributed by atoms with Crippen LogP contribution in [0.1, 0.15) is 48.4 Å². The zero-order valence-corrected chi connectivity index (χ0v) is 20.3. The topological polar surface area (TPSA) is 68.0 Å². The van der Waals surface area contributed by atoms with Crippen molar-refractivity contribution in [3.05, 3.63) is 81.8 Å². The van der Waals surface area contributed by atoms with E-state index in [2.05, 4.69) is 20.3 Å². The highest BCUT2D eigenvalue weighted by atomic mass is 19.3. The van der Waals surface area contributed by atoms with Crippen molar-refractivity contribution in [3.8, 4) is 0 Å². The molecule has 5 rings (SSSR count). The Morgan fingerprint density at radius 2 is 1.94 bits per heavy atom. The number of aryl methyl sites for hydroxylation is 2. The third-order valence-electron chi connectivity index (χ3n) is 6.95. The highest BCUT2D eigenvalue weighted by Crippen LogP contribution is 2.33. The lowest BCUT2D eigenvalue weighted by Crippen LogP contribution is -2.26. The molecule has 1 aliphatic rings. The maximum atomic E-state index is 14.8. The van der Waals surface area contributed by atoms with E-state index < -0.39 is 23.8 Å². The summed E-state index contributed by atoms with van der Waals surface area (Å²) in [4.78, 5) is 19.9. The van der Waals surface area contributed by atoms with Crippen molar-refractivity contribution in [2.45, 2.75) is 31.7 Å². The minimum Gasteiger partial charge on any atom is -0.378 e. The number of aromatic nitrogens is 4. The summed E-state index contributed by atoms with van der Waals surface area (Å²) in [6, 6.07) is 7.04. The van der Waals surface area contributed by atoms with Gasteiger partial charge in [0.25, 0.3) is 12.0 Å². The molecule has 0 amide bonds. The van der Waals surface area contributed by atoms with E-state index in [9.17, 15) is 18.0 Å². The number of pyridine rings is 2. The van der Waals surface area contributed by atoms with Crippen molar-refractivity contribution < 1.29 is 13.2 Å². The van der Waals surface area contributed by atoms with Crippen LogP contribution in [0.5, 0.6) is 0 Å². The average molecular weight is 497 g/mol. The van der Waals surface area contributed by atoms with Gasteiger partial charge in [-0.2, -0.15) is 5.10 Å². The molecular weight excluding hydrogens is 469 g/mol. The van der Waals surface area contributed by atoms with Crippen LogP contribution in [-0.2, 0) is 14.1 Å². The van der Waals surface area contributed by atoms with Crippen LogP contribution in [0.3, 0.4) is 0 Å². The number of hydrogen-bond acceptors (Lipinski definition) is 5. The van der Waals surface area contributed by atoms with Gasteiger partial charge in [-0.15, -0.1) is 0 Å². The van der Waals surface area contributed by atoms with Crippen LogP contribution in [0.4, 0.5) is 24.5 Å². The Balaban J connectivity index is 1.49. The normalized spacial score (nSPS) is 16.8. The van der Waals surface area contributed by atoms with Gasteiger partial charge in [-0.3, -0.25) is 14.0 Å². The summed E-state index contributed by atoms with van der Waals surface area (Å²) in [5, 5.41) is 8.20. The summed E-state index contributed by atoms with van der Waals surface area (Å²) in [6.07, 6.45) is 3.27. The Kier molecular flexibility index (Phi) is 6.19. The Morgan fingerprint density at radius 1 is 1.17 bits per heavy atom. The minimum atomic E-state index is -2.89. The zero-order valence-electron chi connectivity index (χ0n) is 20.3. The number of nitrogens with zero attached hydrogens (tertiary/aromatic N) is 5. The quantitative estimate of drug-likeness (QED) is 0.411. The molecule has 1 aliphatic heterocycles. The van der Waals surface area contributed by atoms with E-state index in [-0.39, 0.29) is 17.0 Å². The maximum Gasteiger partial charge on any atom is 0.266 e. The van der Waals surface area contributed by atoms with Gasteiger partial charge < -0.3 is 10.2 Å². The molecule has 36 heavy (non-hydrogen) atoms. The van der Waals surface area contributed by atoms with Gasteiger partial charge in [0.05, 0.1) is 23.5 Å². The van der Waals surface area contributed by atoms with Crippen molar-refractivity contribution >= 4 is 22.4 Å². The van der Waals surface area contributed by atoms with Gasteiger partial charge in [0.1, 0.15) is 11.5 Å². The van der Waals surface area contributed by atoms with E-state index in [1.807, 2.05) is 25.5 Å². The fourth-order valence-electron chi connectivity index (χ4n) is 5.00. The van der Waals surface area contributed by atoms with E-state index >= 15 is 0 Å². The molecule has 10 heteroatoms. The van der Waals surface area contributed by atoms with Crippen molar-refractivity contribution in [2.24, 2.45) is 14.1 Å². The Bertz CT molecular complexity index is 1480. The zero-order chi connectivity index (χ0) is 25.6. The standard InChI is InChI=1S/C26H27F3N6O/c1-15(18-5-4-6-19(23(18)27)24(28)29)32-22-7-9-30-25-21(22)11-20(26(36)34(25)3)16-8-10-35(13-16)17-12-31-33(2)14-17/h4-7,9,11-12,14-16,24H,8,10,13H2,1-3H3,(H,30,32)/t15-,16?/m1/s1. The number of hydrogen-bond donors (Lipinski definition) is 1. The van der Waals surface area contributed by atoms with Crippen LogP contribution in [-0.4, -0.2) is 32.4 Å². The van der Waals surface area contributed by atoms with Crippen LogP contribution >= 0.6 is 0 Å². The van der Waals surface area contributed by atoms with E-state index in [1.165, 1.54) is 16.7 Å². The molecule has 7 nitrogen and oxygen atoms in total. The average Bonchev–Trinajstić information content (AvgIpc) is 3.51. The molecule has 188 valence electrons. The van der Waals surface area contributed by atoms with Gasteiger partial charge in [0.15, 0.2) is 0 Å². The molecule has 2 atom stereocenters. The molecule has 1 fully saturated rings. The third kappa shape index (κ3) is 4.20. The molecule has 0 spiro atoms. The first-order valence-electron chi connectivity index (χ1n) is 11.8. The van der Waals surface area contributed by atoms with E-state index in [4.69, 9.17) is 0 Å². The summed E-state index contributed by atoms with van der Waals surface area (Å²) in [5.74, 6) is -0.889. The maximum absolute atomic E-state index is 14.8. The van der Waals surface area contributed by atoms with Crippen molar-refractivity contribution in [3.63, 3.8) is 0 Å². The van der Waals surface area contributed by atoms with E-state index in [0.717, 1.165) is 24.7 Å². The van der Waals surface area contributed by atoms with Crippen LogP contribution in [0.2, 0.25) is 0 Å². The van der Waals surface area contributed by atoms with Crippen LogP contribution in [0, 0.1) is 5.82 Å². The Labute approximate surface area is 206 Å². The molecule has 0 radical (unpaired) electrons. The Morgan fingerprint density at radius 3 is 2.67 bits per heavy atom. The summed E-state index contributed by atoms with van der Waals surface area (Å²) < 4.78 is 44.5. The van der Waals surface area contributed by atoms with Crippen LogP contribution in [0.15, 0.2) is 53.7 Å². The molecular formula is C26H27F3N6O. The lowest BCUT2D eigenvalue weighted by molar-refractivity contribution is 0.146. The number of nitrogens with one attached hydrogen (secondary N) is 1. The number of rotatable bonds is 6. The molecule has 3 aromatic heterocycles. The largest absolute Gasteiger partial charge is 0.378 e. The first-order valence-corrected chi connectivity index (χ1v) is 11.8. The number of halogens is 3. The lowest BCUT2D eigenvalue weighted by Gasteiger charge is -2.20. The highest BCUT2D eigenvalue weighted by molar-refractivity contribution is 5.89. The van der Waals surface area contributed by atoms with Crippen molar-refractivity contribution in [1.82, 2.24) is 19.3 Å². The molecule has 0 bridgehead atoms. The first kappa shape index (κ1) is 23.9. The van der Waals surface area contributed by atoms with Gasteiger partial charge in [-0.05, 0) is 25.5 Å². The molecule has 4 aromatic rings. The van der Waals surface area contributed by atoms with E-state index in [0.29, 0.717) is 28.8 Å². The number of fused-ring (bicyclic) bond motifs is 1. The van der Waals surface area contributed by atoms with E-state index in [1.54, 1.807) is 30.9 Å². The number of anilines is 2. The molecule has 1 N–H and O–H groups in total. The summed E-state index contributed by atoms with van der Waals surface area (Å²) in [5.41, 5.74) is 2.26. The van der Waals surface area contributed by atoms with Gasteiger partial charge in [-0.25, -0.2) is 18.2 Å². The number of benzene rings is 1. The smallest absolute Gasteiger partial charge is 0.266 e. The predicted octanol–water partition coefficient (Wildman–Crippen LogP) is 4.91. The highest BCUT2D eigenvalue weighted by Gasteiger charge is 2.28. The molecule has 1 saturated heterocycles. The van der Waals surface area contributed by atoms with Crippen LogP contribution < -0.4 is 15.8 Å². The number of alkyl halides is 2. The third-order valence-corrected chi connectivity index (χ3v) is 6.95. The van der Waals surface area contributed by atoms with Crippen molar-refractivity contribution in [1.29, 1.82) is 0 Å². The molecule has 0 saturated carbocycles. The van der Waals surface area contributed by atoms with Crippen molar-refractivity contribution in [2.75, 3.05) is 23.3 Å². The second-order valence-electron chi connectivity index (χ2n) is 9.28. The fraction of sp³-hybridized carbons (Fsp3) is 0.346. The SMILES string of the molecule is C[C@@H](Nc1ccnc2c1cc(C1CCN(c3cnn(C)c3)C1)c(=O)n2C)c1cccc(C(F)F)c1F. The predicted molar refractivity (Wildman–Crippen MR) is 133 cm³/mol. The van der Waals surface area contributed by atoms with Gasteiger partial charge in [0, 0.05) is 67.7 Å². The Hall–Kier alpha value is -3.82. The first-order chi connectivity index (χ1) is 17.2. The minimum absolute atomic E-state index is 0.0268. The van der Waals surface area contributed by atoms with Gasteiger partial charge >= 0.3 is 0 Å². The lowest BCUT2D eigenvalue weighted by atomic mass is 9.98. The fourth-order valence-corrected chi connectivity index (χ4v) is 5.00. The summed E-state index contributed by atoms with van der Waals surface area (Å²) in [6.45, 7) is 3.22. The second-order valence-corrected chi connectivity index (χ2v) is 9.28.